The summed E-state index contributed by atoms with van der Waals surface area (Å²) in [6, 6.07) is 5.51. The molecule has 0 aliphatic rings. The summed E-state index contributed by atoms with van der Waals surface area (Å²) in [5, 5.41) is 3.44. The van der Waals surface area contributed by atoms with Gasteiger partial charge in [0.1, 0.15) is 10.8 Å². The maximum atomic E-state index is 13.4. The smallest absolute Gasteiger partial charge is 0.274 e. The Labute approximate surface area is 124 Å². The topological polar surface area (TPSA) is 83.1 Å². The first-order chi connectivity index (χ1) is 10.0. The molecule has 6 nitrogen and oxygen atoms in total. The van der Waals surface area contributed by atoms with Gasteiger partial charge in [0, 0.05) is 7.05 Å². The van der Waals surface area contributed by atoms with Crippen LogP contribution in [0.15, 0.2) is 24.3 Å². The number of carbonyl (C=O) groups excluding carboxylic acids is 2. The fraction of sp³-hybridized carbons (Fsp3) is 0.154. The van der Waals surface area contributed by atoms with Crippen LogP contribution in [0.5, 0.6) is 0 Å². The maximum absolute atomic E-state index is 13.4. The Morgan fingerprint density at radius 3 is 2.52 bits per heavy atom. The van der Waals surface area contributed by atoms with Crippen molar-refractivity contribution >= 4 is 28.3 Å². The van der Waals surface area contributed by atoms with Crippen LogP contribution in [0, 0.1) is 12.7 Å². The van der Waals surface area contributed by atoms with Crippen molar-refractivity contribution in [3.63, 3.8) is 0 Å². The molecular formula is C13H13FN4O2S. The summed E-state index contributed by atoms with van der Waals surface area (Å²) in [7, 11) is 1.67. The van der Waals surface area contributed by atoms with Gasteiger partial charge in [0.25, 0.3) is 11.8 Å². The summed E-state index contributed by atoms with van der Waals surface area (Å²) >= 11 is 1.14. The molecule has 0 saturated heterocycles. The van der Waals surface area contributed by atoms with Crippen molar-refractivity contribution in [2.24, 2.45) is 0 Å². The van der Waals surface area contributed by atoms with Crippen molar-refractivity contribution in [1.29, 1.82) is 0 Å². The third-order valence-electron chi connectivity index (χ3n) is 2.72. The van der Waals surface area contributed by atoms with E-state index in [4.69, 9.17) is 0 Å². The third kappa shape index (κ3) is 3.16. The molecule has 0 spiro atoms. The highest BCUT2D eigenvalue weighted by molar-refractivity contribution is 7.10. The number of rotatable bonds is 3. The minimum absolute atomic E-state index is 0.146. The number of amides is 2. The molecule has 0 radical (unpaired) electrons. The van der Waals surface area contributed by atoms with E-state index in [0.717, 1.165) is 11.5 Å². The number of nitrogens with zero attached hydrogens (tertiary/aromatic N) is 1. The van der Waals surface area contributed by atoms with Gasteiger partial charge in [-0.3, -0.25) is 20.4 Å². The van der Waals surface area contributed by atoms with Gasteiger partial charge in [0.2, 0.25) is 0 Å². The number of hydrogen-bond acceptors (Lipinski definition) is 5. The zero-order chi connectivity index (χ0) is 15.4. The van der Waals surface area contributed by atoms with E-state index in [9.17, 15) is 14.0 Å². The molecule has 1 aromatic heterocycles. The van der Waals surface area contributed by atoms with Crippen molar-refractivity contribution in [3.05, 3.63) is 46.9 Å². The quantitative estimate of drug-likeness (QED) is 0.754. The fourth-order valence-electron chi connectivity index (χ4n) is 1.70. The van der Waals surface area contributed by atoms with Crippen molar-refractivity contribution in [2.75, 3.05) is 12.4 Å². The molecule has 0 saturated carbocycles. The normalized spacial score (nSPS) is 10.0. The van der Waals surface area contributed by atoms with Gasteiger partial charge in [-0.15, -0.1) is 0 Å². The molecule has 0 unspecified atom stereocenters. The molecule has 2 rings (SSSR count). The lowest BCUT2D eigenvalue weighted by atomic mass is 10.2. The van der Waals surface area contributed by atoms with Crippen LogP contribution < -0.4 is 16.2 Å². The summed E-state index contributed by atoms with van der Waals surface area (Å²) < 4.78 is 17.5. The van der Waals surface area contributed by atoms with E-state index in [-0.39, 0.29) is 5.56 Å². The molecule has 0 atom stereocenters. The number of benzene rings is 1. The summed E-state index contributed by atoms with van der Waals surface area (Å²) in [6.45, 7) is 1.69. The van der Waals surface area contributed by atoms with Crippen molar-refractivity contribution in [1.82, 2.24) is 15.2 Å². The SMILES string of the molecule is CNc1snc(C)c1C(=O)NNC(=O)c1ccccc1F. The number of halogens is 1. The second-order valence-corrected chi connectivity index (χ2v) is 4.88. The zero-order valence-corrected chi connectivity index (χ0v) is 12.2. The Kier molecular flexibility index (Phi) is 4.49. The van der Waals surface area contributed by atoms with Crippen LogP contribution in [0.2, 0.25) is 0 Å². The van der Waals surface area contributed by atoms with Crippen LogP contribution in [0.1, 0.15) is 26.4 Å². The van der Waals surface area contributed by atoms with E-state index in [1.807, 2.05) is 0 Å². The number of anilines is 1. The largest absolute Gasteiger partial charge is 0.378 e. The lowest BCUT2D eigenvalue weighted by Gasteiger charge is -2.08. The maximum Gasteiger partial charge on any atom is 0.274 e. The van der Waals surface area contributed by atoms with E-state index in [2.05, 4.69) is 20.5 Å². The fourth-order valence-corrected chi connectivity index (χ4v) is 2.44. The van der Waals surface area contributed by atoms with Gasteiger partial charge in [0.05, 0.1) is 16.8 Å². The van der Waals surface area contributed by atoms with Crippen LogP contribution in [-0.2, 0) is 0 Å². The van der Waals surface area contributed by atoms with E-state index in [1.54, 1.807) is 14.0 Å². The minimum atomic E-state index is -0.728. The predicted molar refractivity (Wildman–Crippen MR) is 77.7 cm³/mol. The van der Waals surface area contributed by atoms with Gasteiger partial charge >= 0.3 is 0 Å². The Morgan fingerprint density at radius 2 is 1.86 bits per heavy atom. The second-order valence-electron chi connectivity index (χ2n) is 4.11. The molecule has 2 amide bonds. The van der Waals surface area contributed by atoms with Crippen LogP contribution >= 0.6 is 11.5 Å². The molecule has 2 aromatic rings. The number of nitrogens with one attached hydrogen (secondary N) is 3. The number of hydrogen-bond donors (Lipinski definition) is 3. The van der Waals surface area contributed by atoms with Gasteiger partial charge in [0.15, 0.2) is 0 Å². The molecule has 21 heavy (non-hydrogen) atoms. The number of carbonyl (C=O) groups is 2. The summed E-state index contributed by atoms with van der Waals surface area (Å²) in [5.41, 5.74) is 5.17. The van der Waals surface area contributed by atoms with Crippen molar-refractivity contribution in [3.8, 4) is 0 Å². The van der Waals surface area contributed by atoms with Gasteiger partial charge < -0.3 is 5.32 Å². The van der Waals surface area contributed by atoms with Gasteiger partial charge in [-0.2, -0.15) is 4.37 Å². The van der Waals surface area contributed by atoms with Gasteiger partial charge in [-0.05, 0) is 30.6 Å². The van der Waals surface area contributed by atoms with Crippen molar-refractivity contribution in [2.45, 2.75) is 6.92 Å². The summed E-state index contributed by atoms with van der Waals surface area (Å²) in [6.07, 6.45) is 0. The highest BCUT2D eigenvalue weighted by Crippen LogP contribution is 2.23. The Balaban J connectivity index is 2.06. The Morgan fingerprint density at radius 1 is 1.19 bits per heavy atom. The lowest BCUT2D eigenvalue weighted by molar-refractivity contribution is 0.0844. The minimum Gasteiger partial charge on any atom is -0.378 e. The first-order valence-corrected chi connectivity index (χ1v) is 6.81. The number of aromatic nitrogens is 1. The highest BCUT2D eigenvalue weighted by atomic mass is 32.1. The predicted octanol–water partition coefficient (Wildman–Crippen LogP) is 1.71. The van der Waals surface area contributed by atoms with Gasteiger partial charge in [-0.25, -0.2) is 4.39 Å². The molecule has 0 fully saturated rings. The Hall–Kier alpha value is -2.48. The molecule has 3 N–H and O–H groups in total. The van der Waals surface area contributed by atoms with Crippen molar-refractivity contribution < 1.29 is 14.0 Å². The highest BCUT2D eigenvalue weighted by Gasteiger charge is 2.19. The third-order valence-corrected chi connectivity index (χ3v) is 3.68. The number of aryl methyl sites for hydroxylation is 1. The van der Waals surface area contributed by atoms with E-state index in [0.29, 0.717) is 16.3 Å². The molecule has 0 aliphatic heterocycles. The molecule has 8 heteroatoms. The molecule has 1 aromatic carbocycles. The summed E-state index contributed by atoms with van der Waals surface area (Å²) in [4.78, 5) is 23.8. The Bertz CT molecular complexity index is 687. The van der Waals surface area contributed by atoms with E-state index in [1.165, 1.54) is 24.3 Å². The van der Waals surface area contributed by atoms with Gasteiger partial charge in [-0.1, -0.05) is 12.1 Å². The number of hydrazine groups is 1. The average Bonchev–Trinajstić information content (AvgIpc) is 2.86. The monoisotopic (exact) mass is 308 g/mol. The van der Waals surface area contributed by atoms with E-state index < -0.39 is 17.6 Å². The van der Waals surface area contributed by atoms with Crippen LogP contribution in [0.3, 0.4) is 0 Å². The molecule has 1 heterocycles. The molecule has 0 bridgehead atoms. The van der Waals surface area contributed by atoms with Crippen LogP contribution in [0.4, 0.5) is 9.39 Å². The zero-order valence-electron chi connectivity index (χ0n) is 11.4. The van der Waals surface area contributed by atoms with E-state index >= 15 is 0 Å². The average molecular weight is 308 g/mol. The van der Waals surface area contributed by atoms with Crippen LogP contribution in [0.25, 0.3) is 0 Å². The summed E-state index contributed by atoms with van der Waals surface area (Å²) in [5.74, 6) is -1.91. The lowest BCUT2D eigenvalue weighted by Crippen LogP contribution is -2.42. The second kappa shape index (κ2) is 6.31. The van der Waals surface area contributed by atoms with Crippen LogP contribution in [-0.4, -0.2) is 23.2 Å². The molecule has 110 valence electrons. The molecular weight excluding hydrogens is 295 g/mol. The first-order valence-electron chi connectivity index (χ1n) is 6.03. The first kappa shape index (κ1) is 14.9. The molecule has 0 aliphatic carbocycles. The standard InChI is InChI=1S/C13H13FN4O2S/c1-7-10(13(15-2)21-18-7)12(20)17-16-11(19)8-5-3-4-6-9(8)14/h3-6,15H,1-2H3,(H,16,19)(H,17,20).